The fraction of sp³-hybridized carbons (Fsp3) is 0.286. The molecule has 0 bridgehead atoms. The normalized spacial score (nSPS) is 10.5. The van der Waals surface area contributed by atoms with Crippen molar-refractivity contribution in [3.8, 4) is 0 Å². The van der Waals surface area contributed by atoms with Crippen LogP contribution in [0.25, 0.3) is 0 Å². The quantitative estimate of drug-likeness (QED) is 0.467. The van der Waals surface area contributed by atoms with Crippen molar-refractivity contribution < 1.29 is 14.3 Å². The zero-order valence-corrected chi connectivity index (χ0v) is 13.3. The van der Waals surface area contributed by atoms with Gasteiger partial charge in [-0.05, 0) is 13.8 Å². The van der Waals surface area contributed by atoms with Gasteiger partial charge in [0, 0.05) is 23.5 Å². The second kappa shape index (κ2) is 6.95. The zero-order valence-electron chi connectivity index (χ0n) is 13.3. The van der Waals surface area contributed by atoms with E-state index < -0.39 is 47.5 Å². The third kappa shape index (κ3) is 4.28. The second-order valence-corrected chi connectivity index (χ2v) is 5.24. The molecule has 2 aromatic heterocycles. The molecular formula is C14H14N4O7. The van der Waals surface area contributed by atoms with Crippen LogP contribution in [0.3, 0.4) is 0 Å². The Balaban J connectivity index is 2.07. The fourth-order valence-corrected chi connectivity index (χ4v) is 1.94. The fourth-order valence-electron chi connectivity index (χ4n) is 1.94. The molecule has 0 spiro atoms. The number of hydrogen-bond donors (Lipinski definition) is 2. The van der Waals surface area contributed by atoms with Crippen molar-refractivity contribution in [2.24, 2.45) is 0 Å². The molecule has 0 fully saturated rings. The summed E-state index contributed by atoms with van der Waals surface area (Å²) in [6, 6.07) is 0. The highest BCUT2D eigenvalue weighted by atomic mass is 16.6. The molecule has 11 nitrogen and oxygen atoms in total. The van der Waals surface area contributed by atoms with Gasteiger partial charge in [0.05, 0.1) is 0 Å². The van der Waals surface area contributed by atoms with Crippen LogP contribution in [0, 0.1) is 13.8 Å². The van der Waals surface area contributed by atoms with Gasteiger partial charge < -0.3 is 4.74 Å². The first-order chi connectivity index (χ1) is 11.7. The van der Waals surface area contributed by atoms with Crippen LogP contribution in [0.1, 0.15) is 11.1 Å². The summed E-state index contributed by atoms with van der Waals surface area (Å²) in [5.41, 5.74) is -2.42. The first kappa shape index (κ1) is 17.8. The zero-order chi connectivity index (χ0) is 18.7. The van der Waals surface area contributed by atoms with Crippen LogP contribution in [-0.4, -0.2) is 31.0 Å². The molecule has 2 N–H and O–H groups in total. The highest BCUT2D eigenvalue weighted by Crippen LogP contribution is 1.91. The molecule has 0 saturated heterocycles. The van der Waals surface area contributed by atoms with E-state index in [1.54, 1.807) is 0 Å². The van der Waals surface area contributed by atoms with Crippen molar-refractivity contribution in [2.75, 3.05) is 0 Å². The van der Waals surface area contributed by atoms with Gasteiger partial charge in [0.15, 0.2) is 0 Å². The van der Waals surface area contributed by atoms with Crippen LogP contribution in [0.5, 0.6) is 0 Å². The maximum Gasteiger partial charge on any atom is 0.333 e. The number of carbonyl (C=O) groups excluding carboxylic acids is 2. The summed E-state index contributed by atoms with van der Waals surface area (Å²) in [7, 11) is 0. The van der Waals surface area contributed by atoms with Gasteiger partial charge in [-0.3, -0.25) is 28.7 Å². The first-order valence-corrected chi connectivity index (χ1v) is 7.01. The van der Waals surface area contributed by atoms with Crippen LogP contribution in [0.2, 0.25) is 0 Å². The summed E-state index contributed by atoms with van der Waals surface area (Å²) in [4.78, 5) is 73.1. The predicted molar refractivity (Wildman–Crippen MR) is 83.2 cm³/mol. The molecule has 2 aromatic rings. The highest BCUT2D eigenvalue weighted by Gasteiger charge is 2.14. The molecular weight excluding hydrogens is 336 g/mol. The Labute approximate surface area is 138 Å². The number of nitrogens with one attached hydrogen (secondary N) is 2. The van der Waals surface area contributed by atoms with Crippen LogP contribution < -0.4 is 22.5 Å². The summed E-state index contributed by atoms with van der Waals surface area (Å²) >= 11 is 0. The Bertz CT molecular complexity index is 985. The SMILES string of the molecule is Cc1cn(CC(=O)OC(=O)Cn2cc(C)c(=O)[nH]c2=O)c(=O)[nH]c1=O. The smallest absolute Gasteiger partial charge is 0.333 e. The minimum absolute atomic E-state index is 0.203. The van der Waals surface area contributed by atoms with Gasteiger partial charge in [0.25, 0.3) is 11.1 Å². The minimum atomic E-state index is -1.05. The highest BCUT2D eigenvalue weighted by molar-refractivity contribution is 5.85. The third-order valence-corrected chi connectivity index (χ3v) is 3.20. The summed E-state index contributed by atoms with van der Waals surface area (Å²) in [5.74, 6) is -2.10. The molecule has 0 atom stereocenters. The van der Waals surface area contributed by atoms with E-state index in [4.69, 9.17) is 0 Å². The third-order valence-electron chi connectivity index (χ3n) is 3.20. The van der Waals surface area contributed by atoms with Gasteiger partial charge in [-0.25, -0.2) is 19.2 Å². The number of esters is 2. The topological polar surface area (TPSA) is 153 Å². The average molecular weight is 350 g/mol. The van der Waals surface area contributed by atoms with Crippen molar-refractivity contribution in [1.29, 1.82) is 0 Å². The van der Waals surface area contributed by atoms with Crippen molar-refractivity contribution in [2.45, 2.75) is 26.9 Å². The maximum atomic E-state index is 11.7. The molecule has 25 heavy (non-hydrogen) atoms. The van der Waals surface area contributed by atoms with Gasteiger partial charge in [0.2, 0.25) is 0 Å². The molecule has 132 valence electrons. The second-order valence-electron chi connectivity index (χ2n) is 5.24. The molecule has 0 aliphatic carbocycles. The number of hydrogen-bond acceptors (Lipinski definition) is 7. The maximum absolute atomic E-state index is 11.7. The van der Waals surface area contributed by atoms with Gasteiger partial charge in [-0.15, -0.1) is 0 Å². The van der Waals surface area contributed by atoms with E-state index >= 15 is 0 Å². The monoisotopic (exact) mass is 350 g/mol. The molecule has 0 amide bonds. The molecule has 0 aromatic carbocycles. The number of H-pyrrole nitrogens is 2. The predicted octanol–water partition coefficient (Wildman–Crippen LogP) is -2.23. The van der Waals surface area contributed by atoms with E-state index in [1.807, 2.05) is 9.97 Å². The lowest BCUT2D eigenvalue weighted by Crippen LogP contribution is -2.35. The van der Waals surface area contributed by atoms with Crippen molar-refractivity contribution >= 4 is 11.9 Å². The van der Waals surface area contributed by atoms with Crippen LogP contribution in [-0.2, 0) is 27.4 Å². The summed E-state index contributed by atoms with van der Waals surface area (Å²) in [5, 5.41) is 0. The van der Waals surface area contributed by atoms with Crippen molar-refractivity contribution in [3.63, 3.8) is 0 Å². The number of nitrogens with zero attached hydrogens (tertiary/aromatic N) is 2. The lowest BCUT2D eigenvalue weighted by atomic mass is 10.4. The molecule has 0 aliphatic heterocycles. The van der Waals surface area contributed by atoms with E-state index in [1.165, 1.54) is 13.8 Å². The Hall–Kier alpha value is -3.50. The lowest BCUT2D eigenvalue weighted by molar-refractivity contribution is -0.160. The first-order valence-electron chi connectivity index (χ1n) is 7.01. The van der Waals surface area contributed by atoms with Gasteiger partial charge in [-0.2, -0.15) is 0 Å². The standard InChI is InChI=1S/C14H14N4O7/c1-7-3-17(13(23)15-11(7)21)5-9(19)25-10(20)6-18-4-8(2)12(22)16-14(18)24/h3-4H,5-6H2,1-2H3,(H,15,21,23)(H,16,22,24). The Morgan fingerprint density at radius 2 is 1.20 bits per heavy atom. The van der Waals surface area contributed by atoms with Crippen LogP contribution in [0.4, 0.5) is 0 Å². The van der Waals surface area contributed by atoms with Gasteiger partial charge in [-0.1, -0.05) is 0 Å². The Morgan fingerprint density at radius 1 is 0.840 bits per heavy atom. The number of aromatic amines is 2. The Morgan fingerprint density at radius 3 is 1.56 bits per heavy atom. The van der Waals surface area contributed by atoms with E-state index in [2.05, 4.69) is 4.74 Å². The number of ether oxygens (including phenoxy) is 1. The summed E-state index contributed by atoms with van der Waals surface area (Å²) in [6.45, 7) is 1.69. The van der Waals surface area contributed by atoms with Gasteiger partial charge >= 0.3 is 23.3 Å². The number of rotatable bonds is 4. The number of carbonyl (C=O) groups is 2. The van der Waals surface area contributed by atoms with E-state index in [-0.39, 0.29) is 11.1 Å². The molecule has 11 heteroatoms. The minimum Gasteiger partial charge on any atom is -0.390 e. The van der Waals surface area contributed by atoms with Crippen molar-refractivity contribution in [3.05, 3.63) is 65.2 Å². The Kier molecular flexibility index (Phi) is 4.96. The molecule has 0 unspecified atom stereocenters. The van der Waals surface area contributed by atoms with E-state index in [0.29, 0.717) is 0 Å². The number of aryl methyl sites for hydroxylation is 2. The summed E-state index contributed by atoms with van der Waals surface area (Å²) < 4.78 is 6.28. The average Bonchev–Trinajstić information content (AvgIpc) is 2.50. The van der Waals surface area contributed by atoms with Crippen LogP contribution >= 0.6 is 0 Å². The molecule has 0 radical (unpaired) electrons. The summed E-state index contributed by atoms with van der Waals surface area (Å²) in [6.07, 6.45) is 2.31. The van der Waals surface area contributed by atoms with Gasteiger partial charge in [0.1, 0.15) is 13.1 Å². The van der Waals surface area contributed by atoms with E-state index in [9.17, 15) is 28.8 Å². The lowest BCUT2D eigenvalue weighted by Gasteiger charge is -2.07. The number of aromatic nitrogens is 4. The van der Waals surface area contributed by atoms with E-state index in [0.717, 1.165) is 21.5 Å². The molecule has 2 rings (SSSR count). The molecule has 2 heterocycles. The molecule has 0 saturated carbocycles. The largest absolute Gasteiger partial charge is 0.390 e. The van der Waals surface area contributed by atoms with Crippen molar-refractivity contribution in [1.82, 2.24) is 19.1 Å². The van der Waals surface area contributed by atoms with Crippen LogP contribution in [0.15, 0.2) is 31.6 Å². The molecule has 0 aliphatic rings.